The number of nitrogens with zero attached hydrogens (tertiary/aromatic N) is 4. The van der Waals surface area contributed by atoms with Crippen molar-refractivity contribution < 1.29 is 17.9 Å². The van der Waals surface area contributed by atoms with Gasteiger partial charge in [0.2, 0.25) is 11.8 Å². The smallest absolute Gasteiger partial charge is 0.417 e. The average Bonchev–Trinajstić information content (AvgIpc) is 2.95. The zero-order valence-corrected chi connectivity index (χ0v) is 12.4. The highest BCUT2D eigenvalue weighted by molar-refractivity contribution is 5.32. The van der Waals surface area contributed by atoms with Crippen LogP contribution in [0.5, 0.6) is 5.88 Å². The van der Waals surface area contributed by atoms with Gasteiger partial charge in [-0.05, 0) is 19.1 Å². The maximum atomic E-state index is 12.5. The molecule has 0 aromatic carbocycles. The number of ether oxygens (including phenoxy) is 1. The summed E-state index contributed by atoms with van der Waals surface area (Å²) in [6.45, 7) is 3.20. The van der Waals surface area contributed by atoms with Crippen molar-refractivity contribution in [1.29, 1.82) is 0 Å². The van der Waals surface area contributed by atoms with Crippen LogP contribution in [0.1, 0.15) is 17.7 Å². The Hall–Kier alpha value is -2.38. The monoisotopic (exact) mass is 324 g/mol. The lowest BCUT2D eigenvalue weighted by Crippen LogP contribution is -2.26. The molecule has 3 rings (SSSR count). The summed E-state index contributed by atoms with van der Waals surface area (Å²) in [6.07, 6.45) is -1.32. The molecule has 2 aromatic heterocycles. The van der Waals surface area contributed by atoms with Crippen molar-refractivity contribution in [3.05, 3.63) is 41.9 Å². The summed E-state index contributed by atoms with van der Waals surface area (Å²) in [5.41, 5.74) is 0.0924. The van der Waals surface area contributed by atoms with Crippen LogP contribution in [0.2, 0.25) is 0 Å². The molecule has 0 spiro atoms. The molecular formula is C15H15F3N4O. The molecule has 0 N–H and O–H groups in total. The van der Waals surface area contributed by atoms with Crippen LogP contribution in [0.25, 0.3) is 0 Å². The Morgan fingerprint density at radius 2 is 2.04 bits per heavy atom. The maximum absolute atomic E-state index is 12.5. The summed E-state index contributed by atoms with van der Waals surface area (Å²) in [5.74, 6) is 0.825. The van der Waals surface area contributed by atoms with E-state index in [2.05, 4.69) is 15.0 Å². The van der Waals surface area contributed by atoms with Gasteiger partial charge in [-0.2, -0.15) is 13.2 Å². The summed E-state index contributed by atoms with van der Waals surface area (Å²) in [6, 6.07) is 4.03. The molecule has 1 aliphatic rings. The van der Waals surface area contributed by atoms with Crippen molar-refractivity contribution in [2.24, 2.45) is 0 Å². The Morgan fingerprint density at radius 3 is 2.70 bits per heavy atom. The second-order valence-corrected chi connectivity index (χ2v) is 5.36. The van der Waals surface area contributed by atoms with Gasteiger partial charge in [-0.25, -0.2) is 15.0 Å². The molecule has 8 heteroatoms. The molecule has 1 unspecified atom stereocenters. The van der Waals surface area contributed by atoms with E-state index in [1.54, 1.807) is 6.20 Å². The van der Waals surface area contributed by atoms with E-state index in [1.165, 1.54) is 6.07 Å². The van der Waals surface area contributed by atoms with Gasteiger partial charge in [0.25, 0.3) is 0 Å². The molecule has 0 aliphatic carbocycles. The number of pyridine rings is 1. The van der Waals surface area contributed by atoms with Crippen LogP contribution in [-0.2, 0) is 6.18 Å². The van der Waals surface area contributed by atoms with E-state index < -0.39 is 11.7 Å². The summed E-state index contributed by atoms with van der Waals surface area (Å²) in [4.78, 5) is 14.3. The van der Waals surface area contributed by atoms with Crippen molar-refractivity contribution >= 4 is 5.95 Å². The first-order valence-corrected chi connectivity index (χ1v) is 7.16. The quantitative estimate of drug-likeness (QED) is 0.869. The zero-order valence-electron chi connectivity index (χ0n) is 12.4. The van der Waals surface area contributed by atoms with Crippen molar-refractivity contribution in [2.45, 2.75) is 25.6 Å². The first kappa shape index (κ1) is 15.5. The van der Waals surface area contributed by atoms with Gasteiger partial charge in [0, 0.05) is 37.1 Å². The predicted octanol–water partition coefficient (Wildman–Crippen LogP) is 2.86. The molecule has 0 saturated carbocycles. The molecule has 1 atom stereocenters. The lowest BCUT2D eigenvalue weighted by molar-refractivity contribution is -0.137. The molecule has 1 fully saturated rings. The maximum Gasteiger partial charge on any atom is 0.417 e. The van der Waals surface area contributed by atoms with Gasteiger partial charge in [0.15, 0.2) is 0 Å². The summed E-state index contributed by atoms with van der Waals surface area (Å²) >= 11 is 0. The van der Waals surface area contributed by atoms with E-state index in [9.17, 15) is 13.2 Å². The molecule has 23 heavy (non-hydrogen) atoms. The topological polar surface area (TPSA) is 51.1 Å². The van der Waals surface area contributed by atoms with E-state index >= 15 is 0 Å². The fraction of sp³-hybridized carbons (Fsp3) is 0.400. The fourth-order valence-corrected chi connectivity index (χ4v) is 2.38. The van der Waals surface area contributed by atoms with Gasteiger partial charge in [-0.15, -0.1) is 0 Å². The van der Waals surface area contributed by atoms with E-state index in [4.69, 9.17) is 4.74 Å². The lowest BCUT2D eigenvalue weighted by atomic mass is 10.3. The number of hydrogen-bond acceptors (Lipinski definition) is 5. The van der Waals surface area contributed by atoms with E-state index in [-0.39, 0.29) is 12.0 Å². The lowest BCUT2D eigenvalue weighted by Gasteiger charge is -2.17. The first-order chi connectivity index (χ1) is 10.9. The number of alkyl halides is 3. The van der Waals surface area contributed by atoms with Crippen molar-refractivity contribution in [3.63, 3.8) is 0 Å². The second-order valence-electron chi connectivity index (χ2n) is 5.36. The second kappa shape index (κ2) is 6.02. The Kier molecular flexibility index (Phi) is 4.06. The van der Waals surface area contributed by atoms with Gasteiger partial charge in [0.05, 0.1) is 12.1 Å². The Balaban J connectivity index is 1.62. The Bertz CT molecular complexity index is 675. The summed E-state index contributed by atoms with van der Waals surface area (Å²) < 4.78 is 43.1. The number of rotatable bonds is 3. The fourth-order valence-electron chi connectivity index (χ4n) is 2.38. The Labute approximate surface area is 131 Å². The predicted molar refractivity (Wildman–Crippen MR) is 77.3 cm³/mol. The van der Waals surface area contributed by atoms with Crippen LogP contribution in [0.3, 0.4) is 0 Å². The summed E-state index contributed by atoms with van der Waals surface area (Å²) in [5, 5.41) is 0. The van der Waals surface area contributed by atoms with Gasteiger partial charge in [-0.3, -0.25) is 0 Å². The highest BCUT2D eigenvalue weighted by Crippen LogP contribution is 2.29. The van der Waals surface area contributed by atoms with Crippen molar-refractivity contribution in [2.75, 3.05) is 18.0 Å². The van der Waals surface area contributed by atoms with Crippen LogP contribution in [0.15, 0.2) is 30.6 Å². The van der Waals surface area contributed by atoms with Crippen LogP contribution in [0.4, 0.5) is 19.1 Å². The van der Waals surface area contributed by atoms with Crippen molar-refractivity contribution in [3.8, 4) is 5.88 Å². The minimum absolute atomic E-state index is 0.150. The van der Waals surface area contributed by atoms with Gasteiger partial charge < -0.3 is 9.64 Å². The summed E-state index contributed by atoms with van der Waals surface area (Å²) in [7, 11) is 0. The number of halogens is 3. The highest BCUT2D eigenvalue weighted by Gasteiger charge is 2.31. The SMILES string of the molecule is Cc1ccnc(N2CCC(Oc3ccc(C(F)(F)F)cn3)C2)n1. The molecule has 0 radical (unpaired) electrons. The molecule has 1 aliphatic heterocycles. The van der Waals surface area contributed by atoms with Crippen LogP contribution >= 0.6 is 0 Å². The van der Waals surface area contributed by atoms with Crippen LogP contribution < -0.4 is 9.64 Å². The average molecular weight is 324 g/mol. The van der Waals surface area contributed by atoms with E-state index in [0.717, 1.165) is 30.9 Å². The molecule has 3 heterocycles. The van der Waals surface area contributed by atoms with Gasteiger partial charge >= 0.3 is 6.18 Å². The molecule has 2 aromatic rings. The third-order valence-corrected chi connectivity index (χ3v) is 3.56. The minimum atomic E-state index is -4.39. The number of anilines is 1. The number of aromatic nitrogens is 3. The molecular weight excluding hydrogens is 309 g/mol. The molecule has 5 nitrogen and oxygen atoms in total. The number of aryl methyl sites for hydroxylation is 1. The largest absolute Gasteiger partial charge is 0.472 e. The molecule has 0 bridgehead atoms. The minimum Gasteiger partial charge on any atom is -0.472 e. The third-order valence-electron chi connectivity index (χ3n) is 3.56. The van der Waals surface area contributed by atoms with E-state index in [0.29, 0.717) is 12.5 Å². The highest BCUT2D eigenvalue weighted by atomic mass is 19.4. The van der Waals surface area contributed by atoms with Gasteiger partial charge in [0.1, 0.15) is 6.10 Å². The zero-order chi connectivity index (χ0) is 16.4. The van der Waals surface area contributed by atoms with Crippen molar-refractivity contribution in [1.82, 2.24) is 15.0 Å². The molecule has 0 amide bonds. The van der Waals surface area contributed by atoms with Gasteiger partial charge in [-0.1, -0.05) is 0 Å². The van der Waals surface area contributed by atoms with Crippen LogP contribution in [0, 0.1) is 6.92 Å². The van der Waals surface area contributed by atoms with E-state index in [1.807, 2.05) is 17.9 Å². The number of hydrogen-bond donors (Lipinski definition) is 0. The molecule has 1 saturated heterocycles. The third kappa shape index (κ3) is 3.69. The normalized spacial score (nSPS) is 18.3. The standard InChI is InChI=1S/C15H15F3N4O/c1-10-4-6-19-14(21-10)22-7-5-12(9-22)23-13-3-2-11(8-20-13)15(16,17)18/h2-4,6,8,12H,5,7,9H2,1H3. The first-order valence-electron chi connectivity index (χ1n) is 7.16. The Morgan fingerprint density at radius 1 is 1.22 bits per heavy atom. The molecule has 122 valence electrons. The van der Waals surface area contributed by atoms with Crippen LogP contribution in [-0.4, -0.2) is 34.1 Å².